The molecule has 0 unspecified atom stereocenters. The highest BCUT2D eigenvalue weighted by molar-refractivity contribution is 5.79. The number of aliphatic carboxylic acids is 1. The van der Waals surface area contributed by atoms with Gasteiger partial charge in [-0.15, -0.1) is 13.2 Å². The maximum absolute atomic E-state index is 12.2. The van der Waals surface area contributed by atoms with Crippen LogP contribution < -0.4 is 4.74 Å². The van der Waals surface area contributed by atoms with Gasteiger partial charge in [-0.05, 0) is 31.5 Å². The molecule has 0 aromatic heterocycles. The third-order valence-electron chi connectivity index (χ3n) is 3.00. The number of hydrogen-bond donors (Lipinski definition) is 1. The molecule has 5 nitrogen and oxygen atoms in total. The summed E-state index contributed by atoms with van der Waals surface area (Å²) in [5.74, 6) is -1.78. The van der Waals surface area contributed by atoms with Crippen LogP contribution in [0, 0.1) is 0 Å². The Morgan fingerprint density at radius 2 is 1.96 bits per heavy atom. The quantitative estimate of drug-likeness (QED) is 0.833. The average Bonchev–Trinajstić information content (AvgIpc) is 2.36. The minimum Gasteiger partial charge on any atom is -0.481 e. The van der Waals surface area contributed by atoms with Crippen LogP contribution in [0.25, 0.3) is 0 Å². The van der Waals surface area contributed by atoms with Gasteiger partial charge in [0.25, 0.3) is 0 Å². The van der Waals surface area contributed by atoms with Crippen molar-refractivity contribution in [2.24, 2.45) is 0 Å². The van der Waals surface area contributed by atoms with Gasteiger partial charge in [-0.2, -0.15) is 0 Å². The number of halogens is 3. The molecule has 1 N–H and O–H groups in total. The van der Waals surface area contributed by atoms with Gasteiger partial charge in [0.2, 0.25) is 5.91 Å². The van der Waals surface area contributed by atoms with Crippen molar-refractivity contribution in [1.82, 2.24) is 4.90 Å². The van der Waals surface area contributed by atoms with Crippen LogP contribution in [0.3, 0.4) is 0 Å². The van der Waals surface area contributed by atoms with E-state index in [0.29, 0.717) is 5.56 Å². The van der Waals surface area contributed by atoms with Crippen molar-refractivity contribution in [1.29, 1.82) is 0 Å². The summed E-state index contributed by atoms with van der Waals surface area (Å²) in [7, 11) is 0. The zero-order chi connectivity index (χ0) is 17.6. The van der Waals surface area contributed by atoms with E-state index in [1.54, 1.807) is 13.8 Å². The van der Waals surface area contributed by atoms with Crippen molar-refractivity contribution in [3.05, 3.63) is 29.8 Å². The van der Waals surface area contributed by atoms with Crippen LogP contribution in [0.4, 0.5) is 13.2 Å². The molecule has 0 bridgehead atoms. The van der Waals surface area contributed by atoms with Gasteiger partial charge in [-0.3, -0.25) is 9.59 Å². The van der Waals surface area contributed by atoms with Crippen molar-refractivity contribution in [3.63, 3.8) is 0 Å². The summed E-state index contributed by atoms with van der Waals surface area (Å²) in [6.45, 7) is 3.52. The smallest absolute Gasteiger partial charge is 0.481 e. The van der Waals surface area contributed by atoms with E-state index in [0.717, 1.165) is 12.1 Å². The standard InChI is InChI=1S/C15H18F3NO4/c1-10(2)19(7-6-14(21)22)13(20)9-11-4-3-5-12(8-11)23-15(16,17)18/h3-5,8,10H,6-7,9H2,1-2H3,(H,21,22). The van der Waals surface area contributed by atoms with Crippen LogP contribution in [0.5, 0.6) is 5.75 Å². The summed E-state index contributed by atoms with van der Waals surface area (Å²) in [6.07, 6.45) is -5.12. The number of ether oxygens (including phenoxy) is 1. The lowest BCUT2D eigenvalue weighted by Crippen LogP contribution is -2.39. The highest BCUT2D eigenvalue weighted by Crippen LogP contribution is 2.23. The normalized spacial score (nSPS) is 11.4. The second kappa shape index (κ2) is 7.85. The van der Waals surface area contributed by atoms with Gasteiger partial charge in [0.15, 0.2) is 0 Å². The molecular formula is C15H18F3NO4. The van der Waals surface area contributed by atoms with E-state index >= 15 is 0 Å². The Bertz CT molecular complexity index is 558. The lowest BCUT2D eigenvalue weighted by atomic mass is 10.1. The zero-order valence-corrected chi connectivity index (χ0v) is 12.8. The van der Waals surface area contributed by atoms with E-state index in [9.17, 15) is 22.8 Å². The van der Waals surface area contributed by atoms with E-state index in [-0.39, 0.29) is 31.3 Å². The number of carboxylic acid groups (broad SMARTS) is 1. The Labute approximate surface area is 131 Å². The average molecular weight is 333 g/mol. The number of rotatable bonds is 7. The van der Waals surface area contributed by atoms with Crippen LogP contribution >= 0.6 is 0 Å². The van der Waals surface area contributed by atoms with Gasteiger partial charge in [0.05, 0.1) is 12.8 Å². The Morgan fingerprint density at radius 1 is 1.30 bits per heavy atom. The number of amides is 1. The molecule has 0 aliphatic heterocycles. The van der Waals surface area contributed by atoms with Gasteiger partial charge < -0.3 is 14.7 Å². The van der Waals surface area contributed by atoms with Gasteiger partial charge in [0, 0.05) is 12.6 Å². The summed E-state index contributed by atoms with van der Waals surface area (Å²) >= 11 is 0. The van der Waals surface area contributed by atoms with E-state index in [4.69, 9.17) is 5.11 Å². The minimum absolute atomic E-state index is 0.0462. The lowest BCUT2D eigenvalue weighted by molar-refractivity contribution is -0.274. The highest BCUT2D eigenvalue weighted by Gasteiger charge is 2.31. The number of nitrogens with zero attached hydrogens (tertiary/aromatic N) is 1. The molecule has 0 heterocycles. The van der Waals surface area contributed by atoms with Crippen molar-refractivity contribution in [2.45, 2.75) is 39.1 Å². The molecule has 0 aliphatic carbocycles. The third-order valence-corrected chi connectivity index (χ3v) is 3.00. The monoisotopic (exact) mass is 333 g/mol. The molecule has 0 fully saturated rings. The SMILES string of the molecule is CC(C)N(CCC(=O)O)C(=O)Cc1cccc(OC(F)(F)F)c1. The molecule has 0 aliphatic rings. The molecule has 0 saturated heterocycles. The molecule has 1 amide bonds. The van der Waals surface area contributed by atoms with E-state index in [1.807, 2.05) is 0 Å². The number of carbonyl (C=O) groups excluding carboxylic acids is 1. The molecule has 1 aromatic carbocycles. The van der Waals surface area contributed by atoms with E-state index in [2.05, 4.69) is 4.74 Å². The first-order chi connectivity index (χ1) is 10.6. The first-order valence-corrected chi connectivity index (χ1v) is 6.94. The van der Waals surface area contributed by atoms with E-state index < -0.39 is 18.1 Å². The fourth-order valence-electron chi connectivity index (χ4n) is 2.02. The van der Waals surface area contributed by atoms with Gasteiger partial charge in [-0.1, -0.05) is 12.1 Å². The van der Waals surface area contributed by atoms with Crippen molar-refractivity contribution < 1.29 is 32.6 Å². The van der Waals surface area contributed by atoms with Crippen molar-refractivity contribution in [3.8, 4) is 5.75 Å². The second-order valence-corrected chi connectivity index (χ2v) is 5.20. The molecule has 1 rings (SSSR count). The number of benzene rings is 1. The largest absolute Gasteiger partial charge is 0.573 e. The fourth-order valence-corrected chi connectivity index (χ4v) is 2.02. The van der Waals surface area contributed by atoms with E-state index in [1.165, 1.54) is 17.0 Å². The van der Waals surface area contributed by atoms with Crippen LogP contribution in [-0.4, -0.2) is 40.8 Å². The third kappa shape index (κ3) is 7.03. The fraction of sp³-hybridized carbons (Fsp3) is 0.467. The van der Waals surface area contributed by atoms with Crippen LogP contribution in [0.2, 0.25) is 0 Å². The molecular weight excluding hydrogens is 315 g/mol. The molecule has 0 atom stereocenters. The first kappa shape index (κ1) is 18.8. The van der Waals surface area contributed by atoms with Crippen LogP contribution in [0.1, 0.15) is 25.8 Å². The predicted octanol–water partition coefficient (Wildman–Crippen LogP) is 2.84. The van der Waals surface area contributed by atoms with Crippen molar-refractivity contribution >= 4 is 11.9 Å². The Balaban J connectivity index is 2.78. The lowest BCUT2D eigenvalue weighted by Gasteiger charge is -2.26. The number of hydrogen-bond acceptors (Lipinski definition) is 3. The topological polar surface area (TPSA) is 66.8 Å². The maximum atomic E-state index is 12.2. The summed E-state index contributed by atoms with van der Waals surface area (Å²) < 4.78 is 40.4. The zero-order valence-electron chi connectivity index (χ0n) is 12.8. The first-order valence-electron chi connectivity index (χ1n) is 6.94. The summed E-state index contributed by atoms with van der Waals surface area (Å²) in [5.41, 5.74) is 0.359. The number of alkyl halides is 3. The maximum Gasteiger partial charge on any atom is 0.573 e. The molecule has 0 radical (unpaired) electrons. The second-order valence-electron chi connectivity index (χ2n) is 5.20. The summed E-state index contributed by atoms with van der Waals surface area (Å²) in [6, 6.07) is 4.95. The highest BCUT2D eigenvalue weighted by atomic mass is 19.4. The Morgan fingerprint density at radius 3 is 2.48 bits per heavy atom. The summed E-state index contributed by atoms with van der Waals surface area (Å²) in [5, 5.41) is 8.70. The van der Waals surface area contributed by atoms with Crippen LogP contribution in [0.15, 0.2) is 24.3 Å². The minimum atomic E-state index is -4.80. The molecule has 8 heteroatoms. The van der Waals surface area contributed by atoms with Crippen molar-refractivity contribution in [2.75, 3.05) is 6.54 Å². The van der Waals surface area contributed by atoms with Crippen LogP contribution in [-0.2, 0) is 16.0 Å². The number of carbonyl (C=O) groups is 2. The Hall–Kier alpha value is -2.25. The summed E-state index contributed by atoms with van der Waals surface area (Å²) in [4.78, 5) is 24.2. The Kier molecular flexibility index (Phi) is 6.41. The number of carboxylic acids is 1. The molecule has 0 spiro atoms. The van der Waals surface area contributed by atoms with Gasteiger partial charge >= 0.3 is 12.3 Å². The predicted molar refractivity (Wildman–Crippen MR) is 75.9 cm³/mol. The molecule has 1 aromatic rings. The van der Waals surface area contributed by atoms with Gasteiger partial charge in [0.1, 0.15) is 5.75 Å². The molecule has 23 heavy (non-hydrogen) atoms. The molecule has 0 saturated carbocycles. The molecule has 128 valence electrons. The van der Waals surface area contributed by atoms with Gasteiger partial charge in [-0.25, -0.2) is 0 Å².